The molecule has 0 spiro atoms. The quantitative estimate of drug-likeness (QED) is 0.0405. The van der Waals surface area contributed by atoms with Gasteiger partial charge in [-0.1, -0.05) is 188 Å². The summed E-state index contributed by atoms with van der Waals surface area (Å²) in [6.45, 7) is 26.6. The van der Waals surface area contributed by atoms with Gasteiger partial charge >= 0.3 is 18.9 Å². The molecule has 4 saturated carbocycles. The maximum atomic E-state index is 14.8. The van der Waals surface area contributed by atoms with Gasteiger partial charge in [-0.15, -0.1) is 11.6 Å². The Morgan fingerprint density at radius 1 is 0.487 bits per heavy atom. The average molecular weight is 1140 g/mol. The fraction of sp³-hybridized carbons (Fsp3) is 0.657. The van der Waals surface area contributed by atoms with Crippen molar-refractivity contribution < 1.29 is 33.1 Å². The molecule has 4 aliphatic carbocycles. The fourth-order valence-electron chi connectivity index (χ4n) is 13.1. The Hall–Kier alpha value is -1.67. The van der Waals surface area contributed by atoms with Gasteiger partial charge in [-0.05, 0) is 178 Å². The van der Waals surface area contributed by atoms with Crippen molar-refractivity contribution >= 4 is 34.1 Å². The first-order chi connectivity index (χ1) is 37.7. The summed E-state index contributed by atoms with van der Waals surface area (Å²) < 4.78 is 14.8. The van der Waals surface area contributed by atoms with Crippen LogP contribution in [0.4, 0.5) is 0 Å². The molecule has 10 heteroatoms. The molecule has 0 amide bonds. The molecule has 4 unspecified atom stereocenters. The second kappa shape index (κ2) is 33.9. The molecule has 0 N–H and O–H groups in total. The summed E-state index contributed by atoms with van der Waals surface area (Å²) in [6, 6.07) is 39.0. The number of rotatable bonds is 19. The van der Waals surface area contributed by atoms with Crippen LogP contribution in [0.2, 0.25) is 0 Å². The van der Waals surface area contributed by atoms with E-state index in [-0.39, 0.29) is 62.0 Å². The molecule has 4 atom stereocenters. The Morgan fingerprint density at radius 3 is 1.10 bits per heavy atom. The molecule has 0 heterocycles. The summed E-state index contributed by atoms with van der Waals surface area (Å²) in [5, 5.41) is 4.39. The third-order valence-electron chi connectivity index (χ3n) is 17.5. The van der Waals surface area contributed by atoms with Crippen LogP contribution in [0.25, 0.3) is 0 Å². The third kappa shape index (κ3) is 20.5. The normalized spacial score (nSPS) is 19.2. The van der Waals surface area contributed by atoms with Gasteiger partial charge in [0, 0.05) is 45.8 Å². The molecule has 8 rings (SSSR count). The molecule has 0 radical (unpaired) electrons. The van der Waals surface area contributed by atoms with Crippen LogP contribution in [0.5, 0.6) is 0 Å². The van der Waals surface area contributed by atoms with E-state index in [9.17, 15) is 4.57 Å². The van der Waals surface area contributed by atoms with Gasteiger partial charge < -0.3 is 4.57 Å². The summed E-state index contributed by atoms with van der Waals surface area (Å²) in [6.07, 6.45) is 29.1. The largest absolute Gasteiger partial charge is 1.00 e. The van der Waals surface area contributed by atoms with E-state index in [0.717, 1.165) is 17.3 Å². The molecule has 4 aliphatic rings. The van der Waals surface area contributed by atoms with Gasteiger partial charge in [0.1, 0.15) is 19.8 Å². The number of nitrogens with zero attached hydrogens (tertiary/aromatic N) is 2. The van der Waals surface area contributed by atoms with E-state index in [1.54, 1.807) is 64.2 Å². The van der Waals surface area contributed by atoms with Gasteiger partial charge in [-0.2, -0.15) is 17.9 Å². The Labute approximate surface area is 510 Å². The topological polar surface area (TPSA) is 42.0 Å². The van der Waals surface area contributed by atoms with E-state index in [2.05, 4.69) is 202 Å². The van der Waals surface area contributed by atoms with Crippen LogP contribution in [0.1, 0.15) is 269 Å². The molecule has 5 nitrogen and oxygen atoms in total. The van der Waals surface area contributed by atoms with Crippen molar-refractivity contribution in [2.45, 2.75) is 282 Å². The Morgan fingerprint density at radius 2 is 0.800 bits per heavy atom. The Bertz CT molecular complexity index is 2300. The van der Waals surface area contributed by atoms with E-state index in [1.807, 2.05) is 0 Å². The first-order valence-electron chi connectivity index (χ1n) is 31.4. The average Bonchev–Trinajstić information content (AvgIpc) is 3.48. The Balaban J connectivity index is 0.000000245. The van der Waals surface area contributed by atoms with Crippen LogP contribution in [0.15, 0.2) is 109 Å². The molecule has 4 fully saturated rings. The zero-order valence-electron chi connectivity index (χ0n) is 52.2. The van der Waals surface area contributed by atoms with E-state index >= 15 is 0 Å². The van der Waals surface area contributed by atoms with Gasteiger partial charge in [0.05, 0.1) is 19.2 Å². The second-order valence-corrected chi connectivity index (χ2v) is 32.5. The number of benzene rings is 4. The summed E-state index contributed by atoms with van der Waals surface area (Å²) >= 11 is 5.91. The van der Waals surface area contributed by atoms with Gasteiger partial charge in [0.15, 0.2) is 0 Å². The molecule has 80 heavy (non-hydrogen) atoms. The molecule has 0 bridgehead atoms. The molecule has 0 aromatic heterocycles. The Kier molecular flexibility index (Phi) is 29.3. The van der Waals surface area contributed by atoms with Crippen LogP contribution in [-0.2, 0) is 26.3 Å². The van der Waals surface area contributed by atoms with Crippen molar-refractivity contribution in [2.75, 3.05) is 0 Å². The standard InChI is InChI=1S/C35H54NO2P.C23H32ClNO.C12H26BP.Li/c1-27(2)34(31-16-10-7-11-17-31)36(35(4,5)6)38-28(3)30-24-22-29(23-25-30)26-39(37,32-18-12-8-13-19-32)33-20-14-9-15-21-33;1-17(2)22(21-10-8-7-9-11-21)25(23(4,5)6)26-18(3)20-14-12-19(16-24)13-15-20;13-14(11-7-3-1-4-8-11)12-9-5-2-6-10-12;/h7,10-11,16-17,22-25,27-28,32-34H,8-9,12-15,18-21,26H2,1-6H3;7-15,17-18,22H,16H2,1-6H3;11-12,14H,1-10H2,13H3;/q;;;+1. The second-order valence-electron chi connectivity index (χ2n) is 26.7. The minimum atomic E-state index is -2.27. The van der Waals surface area contributed by atoms with Crippen LogP contribution >= 0.6 is 26.5 Å². The summed E-state index contributed by atoms with van der Waals surface area (Å²) in [5.74, 6) is 1.35. The van der Waals surface area contributed by atoms with Crippen molar-refractivity contribution in [3.63, 3.8) is 0 Å². The molecule has 4 aromatic carbocycles. The SMILES string of the molecule is CC(ON(C(c1ccccc1)C(C)C)C(C)(C)C)c1ccc(CCl)cc1.CC(ON(C(c1ccccc1)C(C)C)C(C)(C)C)c1ccc(CP(=O)(C2CCCCC2)C2CCCCC2)cc1.[BH3-][PH+](C1CCCCC1)C1CCCCC1.[Li+]. The minimum absolute atomic E-state index is 0. The molecule has 0 saturated heterocycles. The number of hydrogen-bond acceptors (Lipinski definition) is 5. The fourth-order valence-corrected chi connectivity index (χ4v) is 19.8. The zero-order chi connectivity index (χ0) is 57.2. The first kappa shape index (κ1) is 69.1. The van der Waals surface area contributed by atoms with Gasteiger partial charge in [0.25, 0.3) is 0 Å². The smallest absolute Gasteiger partial charge is 0.323 e. The predicted octanol–water partition coefficient (Wildman–Crippen LogP) is 17.8. The zero-order valence-corrected chi connectivity index (χ0v) is 54.8. The van der Waals surface area contributed by atoms with Crippen LogP contribution < -0.4 is 18.9 Å². The van der Waals surface area contributed by atoms with E-state index in [0.29, 0.717) is 36.6 Å². The summed E-state index contributed by atoms with van der Waals surface area (Å²) in [5.41, 5.74) is 10.5. The van der Waals surface area contributed by atoms with Gasteiger partial charge in [-0.3, -0.25) is 9.68 Å². The van der Waals surface area contributed by atoms with Crippen LogP contribution in [0.3, 0.4) is 0 Å². The molecular formula is C70H112BClLiN2O3P2+. The molecule has 0 aliphatic heterocycles. The predicted molar refractivity (Wildman–Crippen MR) is 350 cm³/mol. The minimum Gasteiger partial charge on any atom is -0.323 e. The van der Waals surface area contributed by atoms with Crippen molar-refractivity contribution in [1.82, 2.24) is 10.1 Å². The summed E-state index contributed by atoms with van der Waals surface area (Å²) in [4.78, 5) is 13.3. The van der Waals surface area contributed by atoms with E-state index in [4.69, 9.17) is 21.3 Å². The van der Waals surface area contributed by atoms with E-state index in [1.165, 1.54) is 97.8 Å². The van der Waals surface area contributed by atoms with Gasteiger partial charge in [-0.25, -0.2) is 0 Å². The monoisotopic (exact) mass is 1140 g/mol. The number of halogens is 1. The van der Waals surface area contributed by atoms with Crippen molar-refractivity contribution in [3.05, 3.63) is 143 Å². The number of hydrogen-bond donors (Lipinski definition) is 0. The number of hydroxylamine groups is 4. The first-order valence-corrected chi connectivity index (χ1v) is 35.1. The van der Waals surface area contributed by atoms with Crippen LogP contribution in [0, 0.1) is 11.8 Å². The van der Waals surface area contributed by atoms with Gasteiger partial charge in [0.2, 0.25) is 0 Å². The number of alkyl halides is 1. The van der Waals surface area contributed by atoms with Crippen molar-refractivity contribution in [2.24, 2.45) is 11.8 Å². The maximum absolute atomic E-state index is 14.8. The maximum Gasteiger partial charge on any atom is 1.00 e. The van der Waals surface area contributed by atoms with Crippen molar-refractivity contribution in [3.8, 4) is 0 Å². The molecule has 440 valence electrons. The molecular weight excluding hydrogens is 1030 g/mol. The molecule has 4 aromatic rings. The van der Waals surface area contributed by atoms with E-state index < -0.39 is 7.14 Å². The third-order valence-corrected chi connectivity index (χ3v) is 24.2. The van der Waals surface area contributed by atoms with Crippen LogP contribution in [-0.4, -0.2) is 51.4 Å². The van der Waals surface area contributed by atoms with Crippen molar-refractivity contribution in [1.29, 1.82) is 0 Å². The summed E-state index contributed by atoms with van der Waals surface area (Å²) in [7, 11) is -1.30.